The monoisotopic (exact) mass is 345 g/mol. The fraction of sp³-hybridized carbons (Fsp3) is 0.250. The number of nitrogens with zero attached hydrogens (tertiary/aromatic N) is 3. The normalized spacial score (nSPS) is 12.1. The number of rotatable bonds is 5. The number of carbonyl (C=O) groups excluding carboxylic acids is 1. The zero-order valence-electron chi connectivity index (χ0n) is 13.6. The summed E-state index contributed by atoms with van der Waals surface area (Å²) in [7, 11) is 0. The second-order valence-corrected chi connectivity index (χ2v) is 5.33. The van der Waals surface area contributed by atoms with Gasteiger partial charge in [0.2, 0.25) is 0 Å². The van der Waals surface area contributed by atoms with E-state index in [0.717, 1.165) is 12.3 Å². The quantitative estimate of drug-likeness (QED) is 0.685. The van der Waals surface area contributed by atoms with Gasteiger partial charge in [0.05, 0.1) is 18.8 Å². The summed E-state index contributed by atoms with van der Waals surface area (Å²) in [6.45, 7) is 3.66. The van der Waals surface area contributed by atoms with Gasteiger partial charge in [-0.2, -0.15) is 5.10 Å². The van der Waals surface area contributed by atoms with E-state index >= 15 is 0 Å². The highest BCUT2D eigenvalue weighted by Gasteiger charge is 2.17. The number of nitrogens with one attached hydrogen (secondary N) is 2. The lowest BCUT2D eigenvalue weighted by Gasteiger charge is -2.14. The lowest BCUT2D eigenvalue weighted by Crippen LogP contribution is -2.20. The van der Waals surface area contributed by atoms with Crippen molar-refractivity contribution in [2.24, 2.45) is 0 Å². The summed E-state index contributed by atoms with van der Waals surface area (Å²) < 4.78 is 19.8. The highest BCUT2D eigenvalue weighted by molar-refractivity contribution is 5.95. The summed E-state index contributed by atoms with van der Waals surface area (Å²) >= 11 is 0. The number of ether oxygens (including phenoxy) is 1. The molecule has 0 bridgehead atoms. The molecule has 8 nitrogen and oxygen atoms in total. The second-order valence-electron chi connectivity index (χ2n) is 5.33. The third-order valence-corrected chi connectivity index (χ3v) is 3.59. The van der Waals surface area contributed by atoms with Gasteiger partial charge in [0.25, 0.3) is 5.56 Å². The van der Waals surface area contributed by atoms with Gasteiger partial charge in [0.1, 0.15) is 17.2 Å². The molecule has 0 aliphatic carbocycles. The molecule has 0 fully saturated rings. The van der Waals surface area contributed by atoms with Crippen LogP contribution in [0.15, 0.2) is 35.5 Å². The molecule has 3 heterocycles. The molecular formula is C16H16FN5O3. The van der Waals surface area contributed by atoms with E-state index in [4.69, 9.17) is 4.74 Å². The lowest BCUT2D eigenvalue weighted by atomic mass is 10.1. The van der Waals surface area contributed by atoms with Crippen LogP contribution in [0.25, 0.3) is 5.65 Å². The minimum Gasteiger partial charge on any atom is -0.462 e. The molecule has 0 saturated heterocycles. The molecule has 3 aromatic heterocycles. The number of hydrogen-bond donors (Lipinski definition) is 2. The third kappa shape index (κ3) is 3.35. The molecule has 25 heavy (non-hydrogen) atoms. The highest BCUT2D eigenvalue weighted by Crippen LogP contribution is 2.18. The first-order valence-electron chi connectivity index (χ1n) is 7.65. The first-order valence-corrected chi connectivity index (χ1v) is 7.65. The van der Waals surface area contributed by atoms with Crippen molar-refractivity contribution < 1.29 is 13.9 Å². The van der Waals surface area contributed by atoms with Crippen LogP contribution in [-0.4, -0.2) is 32.2 Å². The zero-order chi connectivity index (χ0) is 18.0. The molecule has 0 spiro atoms. The van der Waals surface area contributed by atoms with Gasteiger partial charge in [0.15, 0.2) is 5.65 Å². The van der Waals surface area contributed by atoms with Crippen LogP contribution in [0.5, 0.6) is 0 Å². The van der Waals surface area contributed by atoms with Crippen molar-refractivity contribution in [3.05, 3.63) is 58.0 Å². The van der Waals surface area contributed by atoms with Gasteiger partial charge in [-0.05, 0) is 26.0 Å². The largest absolute Gasteiger partial charge is 0.462 e. The minimum atomic E-state index is -0.535. The first-order chi connectivity index (χ1) is 12.0. The number of hydrogen-bond acceptors (Lipinski definition) is 6. The van der Waals surface area contributed by atoms with Crippen molar-refractivity contribution in [2.75, 3.05) is 11.9 Å². The molecule has 130 valence electrons. The Morgan fingerprint density at radius 1 is 1.52 bits per heavy atom. The molecule has 3 aromatic rings. The smallest absolute Gasteiger partial charge is 0.343 e. The fourth-order valence-electron chi connectivity index (χ4n) is 2.40. The molecule has 0 aliphatic heterocycles. The van der Waals surface area contributed by atoms with Crippen molar-refractivity contribution in [3.8, 4) is 0 Å². The Hall–Kier alpha value is -3.23. The Morgan fingerprint density at radius 3 is 3.08 bits per heavy atom. The van der Waals surface area contributed by atoms with Crippen LogP contribution in [0, 0.1) is 5.82 Å². The van der Waals surface area contributed by atoms with Crippen LogP contribution < -0.4 is 10.9 Å². The Morgan fingerprint density at radius 2 is 2.32 bits per heavy atom. The second kappa shape index (κ2) is 6.71. The maximum absolute atomic E-state index is 13.4. The van der Waals surface area contributed by atoms with E-state index in [9.17, 15) is 14.0 Å². The maximum Gasteiger partial charge on any atom is 0.343 e. The van der Waals surface area contributed by atoms with Crippen LogP contribution in [0.3, 0.4) is 0 Å². The predicted molar refractivity (Wildman–Crippen MR) is 88.0 cm³/mol. The average molecular weight is 345 g/mol. The van der Waals surface area contributed by atoms with Crippen LogP contribution >= 0.6 is 0 Å². The number of pyridine rings is 1. The molecule has 0 aliphatic rings. The van der Waals surface area contributed by atoms with Gasteiger partial charge in [-0.3, -0.25) is 4.79 Å². The molecule has 0 saturated carbocycles. The van der Waals surface area contributed by atoms with E-state index in [2.05, 4.69) is 20.4 Å². The van der Waals surface area contributed by atoms with Crippen LogP contribution in [0.2, 0.25) is 0 Å². The number of aromatic nitrogens is 4. The Labute approximate surface area is 141 Å². The number of fused-ring (bicyclic) bond motifs is 1. The van der Waals surface area contributed by atoms with E-state index in [1.807, 2.05) is 0 Å². The topological polar surface area (TPSA) is 101 Å². The van der Waals surface area contributed by atoms with E-state index in [1.54, 1.807) is 26.1 Å². The van der Waals surface area contributed by atoms with Gasteiger partial charge in [-0.25, -0.2) is 18.7 Å². The molecule has 0 radical (unpaired) electrons. The van der Waals surface area contributed by atoms with Gasteiger partial charge in [-0.15, -0.1) is 0 Å². The summed E-state index contributed by atoms with van der Waals surface area (Å²) in [4.78, 5) is 30.4. The van der Waals surface area contributed by atoms with Crippen LogP contribution in [0.1, 0.15) is 35.8 Å². The first kappa shape index (κ1) is 16.6. The standard InChI is InChI=1S/C16H16FN5O3/c1-3-25-16(24)12-8-19-22-5-4-13(21-14(12)22)20-9(2)11-6-10(17)7-18-15(11)23/h4-9H,3H2,1-2H3,(H,18,23)(H,20,21). The number of esters is 1. The number of anilines is 1. The molecule has 1 atom stereocenters. The van der Waals surface area contributed by atoms with Crippen LogP contribution in [0.4, 0.5) is 10.2 Å². The number of halogens is 1. The minimum absolute atomic E-state index is 0.237. The summed E-state index contributed by atoms with van der Waals surface area (Å²) in [5.41, 5.74) is 0.408. The zero-order valence-corrected chi connectivity index (χ0v) is 13.6. The lowest BCUT2D eigenvalue weighted by molar-refractivity contribution is 0.0528. The Bertz CT molecular complexity index is 981. The fourth-order valence-corrected chi connectivity index (χ4v) is 2.40. The average Bonchev–Trinajstić information content (AvgIpc) is 3.00. The summed E-state index contributed by atoms with van der Waals surface area (Å²) in [5.74, 6) is -0.640. The molecule has 0 aromatic carbocycles. The third-order valence-electron chi connectivity index (χ3n) is 3.59. The van der Waals surface area contributed by atoms with E-state index in [1.165, 1.54) is 10.7 Å². The van der Waals surface area contributed by atoms with E-state index in [0.29, 0.717) is 11.5 Å². The number of aromatic amines is 1. The van der Waals surface area contributed by atoms with E-state index < -0.39 is 17.8 Å². The van der Waals surface area contributed by atoms with Crippen LogP contribution in [-0.2, 0) is 4.74 Å². The maximum atomic E-state index is 13.4. The molecular weight excluding hydrogens is 329 g/mol. The Balaban J connectivity index is 1.91. The molecule has 1 unspecified atom stereocenters. The summed E-state index contributed by atoms with van der Waals surface area (Å²) in [6.07, 6.45) is 4.00. The predicted octanol–water partition coefficient (Wildman–Crippen LogP) is 1.91. The van der Waals surface area contributed by atoms with Gasteiger partial charge < -0.3 is 15.0 Å². The molecule has 3 rings (SSSR count). The highest BCUT2D eigenvalue weighted by atomic mass is 19.1. The van der Waals surface area contributed by atoms with Gasteiger partial charge in [-0.1, -0.05) is 0 Å². The van der Waals surface area contributed by atoms with Crippen molar-refractivity contribution in [3.63, 3.8) is 0 Å². The number of carbonyl (C=O) groups is 1. The summed E-state index contributed by atoms with van der Waals surface area (Å²) in [6, 6.07) is 2.31. The van der Waals surface area contributed by atoms with Crippen molar-refractivity contribution in [1.82, 2.24) is 19.6 Å². The molecule has 2 N–H and O–H groups in total. The molecule has 0 amide bonds. The SMILES string of the molecule is CCOC(=O)c1cnn2ccc(NC(C)c3cc(F)c[nH]c3=O)nc12. The van der Waals surface area contributed by atoms with E-state index in [-0.39, 0.29) is 23.3 Å². The summed E-state index contributed by atoms with van der Waals surface area (Å²) in [5, 5.41) is 7.06. The molecule has 9 heteroatoms. The Kier molecular flexibility index (Phi) is 4.46. The van der Waals surface area contributed by atoms with Gasteiger partial charge in [0, 0.05) is 18.0 Å². The van der Waals surface area contributed by atoms with Crippen molar-refractivity contribution in [1.29, 1.82) is 0 Å². The van der Waals surface area contributed by atoms with Crippen molar-refractivity contribution >= 4 is 17.4 Å². The van der Waals surface area contributed by atoms with Gasteiger partial charge >= 0.3 is 5.97 Å². The number of H-pyrrole nitrogens is 1. The van der Waals surface area contributed by atoms with Crippen molar-refractivity contribution in [2.45, 2.75) is 19.9 Å².